The van der Waals surface area contributed by atoms with Crippen molar-refractivity contribution in [2.45, 2.75) is 6.10 Å². The molecule has 1 rings (SSSR count). The van der Waals surface area contributed by atoms with Crippen LogP contribution < -0.4 is 0 Å². The molecule has 0 saturated carbocycles. The van der Waals surface area contributed by atoms with Crippen LogP contribution in [0.25, 0.3) is 0 Å². The van der Waals surface area contributed by atoms with E-state index in [0.717, 1.165) is 25.3 Å². The van der Waals surface area contributed by atoms with Crippen molar-refractivity contribution in [3.63, 3.8) is 0 Å². The Morgan fingerprint density at radius 2 is 2.19 bits per heavy atom. The Morgan fingerprint density at radius 3 is 2.69 bits per heavy atom. The second kappa shape index (κ2) is 4.58. The van der Waals surface area contributed by atoms with Crippen molar-refractivity contribution in [3.05, 3.63) is 33.9 Å². The standard InChI is InChI=1S/C9H9NO6/c1-16-9(13)8(12)6-4-5(10(14)15)2-3-7(6)11/h2-4,8,11-12H,1H3. The number of ether oxygens (including phenoxy) is 1. The van der Waals surface area contributed by atoms with Crippen LogP contribution >= 0.6 is 0 Å². The Morgan fingerprint density at radius 1 is 1.56 bits per heavy atom. The van der Waals surface area contributed by atoms with Gasteiger partial charge in [-0.25, -0.2) is 4.79 Å². The molecule has 1 aromatic rings. The lowest BCUT2D eigenvalue weighted by atomic mass is 10.1. The van der Waals surface area contributed by atoms with E-state index in [1.54, 1.807) is 0 Å². The van der Waals surface area contributed by atoms with E-state index in [2.05, 4.69) is 4.74 Å². The molecule has 7 nitrogen and oxygen atoms in total. The van der Waals surface area contributed by atoms with Crippen LogP contribution in [-0.4, -0.2) is 28.2 Å². The van der Waals surface area contributed by atoms with E-state index in [0.29, 0.717) is 0 Å². The molecule has 1 atom stereocenters. The van der Waals surface area contributed by atoms with Crippen LogP contribution in [0.2, 0.25) is 0 Å². The van der Waals surface area contributed by atoms with Gasteiger partial charge in [-0.2, -0.15) is 0 Å². The van der Waals surface area contributed by atoms with Gasteiger partial charge in [-0.1, -0.05) is 0 Å². The minimum atomic E-state index is -1.75. The fourth-order valence-corrected chi connectivity index (χ4v) is 1.11. The number of esters is 1. The van der Waals surface area contributed by atoms with Crippen molar-refractivity contribution in [1.29, 1.82) is 0 Å². The molecule has 0 amide bonds. The molecule has 0 aliphatic carbocycles. The highest BCUT2D eigenvalue weighted by Crippen LogP contribution is 2.28. The second-order valence-corrected chi connectivity index (χ2v) is 2.93. The molecule has 0 aliphatic rings. The largest absolute Gasteiger partial charge is 0.508 e. The van der Waals surface area contributed by atoms with Gasteiger partial charge in [-0.3, -0.25) is 10.1 Å². The average Bonchev–Trinajstić information content (AvgIpc) is 2.27. The van der Waals surface area contributed by atoms with E-state index in [4.69, 9.17) is 0 Å². The van der Waals surface area contributed by atoms with Gasteiger partial charge in [0.25, 0.3) is 5.69 Å². The van der Waals surface area contributed by atoms with Crippen molar-refractivity contribution >= 4 is 11.7 Å². The Bertz CT molecular complexity index is 430. The molecule has 0 heterocycles. The zero-order valence-electron chi connectivity index (χ0n) is 8.28. The Kier molecular flexibility index (Phi) is 3.41. The maximum atomic E-state index is 11.0. The van der Waals surface area contributed by atoms with E-state index in [-0.39, 0.29) is 11.3 Å². The van der Waals surface area contributed by atoms with Gasteiger partial charge in [-0.05, 0) is 6.07 Å². The molecule has 1 aromatic carbocycles. The van der Waals surface area contributed by atoms with Crippen molar-refractivity contribution in [1.82, 2.24) is 0 Å². The number of phenolic OH excluding ortho intramolecular Hbond substituents is 1. The number of nitro benzene ring substituents is 1. The number of rotatable bonds is 3. The highest BCUT2D eigenvalue weighted by atomic mass is 16.6. The van der Waals surface area contributed by atoms with Crippen LogP contribution in [-0.2, 0) is 9.53 Å². The quantitative estimate of drug-likeness (QED) is 0.442. The number of non-ortho nitro benzene ring substituents is 1. The summed E-state index contributed by atoms with van der Waals surface area (Å²) in [4.78, 5) is 20.7. The van der Waals surface area contributed by atoms with Gasteiger partial charge in [-0.15, -0.1) is 0 Å². The molecule has 0 fully saturated rings. The number of nitrogens with zero attached hydrogens (tertiary/aromatic N) is 1. The summed E-state index contributed by atoms with van der Waals surface area (Å²) in [6.45, 7) is 0. The zero-order chi connectivity index (χ0) is 12.3. The molecule has 0 aliphatic heterocycles. The van der Waals surface area contributed by atoms with E-state index in [1.807, 2.05) is 0 Å². The molecule has 0 radical (unpaired) electrons. The van der Waals surface area contributed by atoms with Crippen molar-refractivity contribution < 1.29 is 24.7 Å². The lowest BCUT2D eigenvalue weighted by molar-refractivity contribution is -0.385. The van der Waals surface area contributed by atoms with Crippen molar-refractivity contribution in [3.8, 4) is 5.75 Å². The fourth-order valence-electron chi connectivity index (χ4n) is 1.11. The fraction of sp³-hybridized carbons (Fsp3) is 0.222. The second-order valence-electron chi connectivity index (χ2n) is 2.93. The Hall–Kier alpha value is -2.15. The highest BCUT2D eigenvalue weighted by Gasteiger charge is 2.23. The summed E-state index contributed by atoms with van der Waals surface area (Å²) in [6, 6.07) is 3.00. The average molecular weight is 227 g/mol. The first-order chi connectivity index (χ1) is 7.47. The van der Waals surface area contributed by atoms with Crippen LogP contribution in [0.5, 0.6) is 5.75 Å². The number of aliphatic hydroxyl groups is 1. The molecule has 0 spiro atoms. The van der Waals surface area contributed by atoms with Gasteiger partial charge >= 0.3 is 5.97 Å². The van der Waals surface area contributed by atoms with E-state index in [1.165, 1.54) is 0 Å². The zero-order valence-corrected chi connectivity index (χ0v) is 8.28. The van der Waals surface area contributed by atoms with E-state index >= 15 is 0 Å². The van der Waals surface area contributed by atoms with Gasteiger partial charge < -0.3 is 14.9 Å². The third-order valence-electron chi connectivity index (χ3n) is 1.94. The van der Waals surface area contributed by atoms with Crippen molar-refractivity contribution in [2.75, 3.05) is 7.11 Å². The summed E-state index contributed by atoms with van der Waals surface area (Å²) < 4.78 is 4.25. The smallest absolute Gasteiger partial charge is 0.339 e. The molecule has 1 unspecified atom stereocenters. The number of aliphatic hydroxyl groups excluding tert-OH is 1. The number of hydrogen-bond donors (Lipinski definition) is 2. The first-order valence-electron chi connectivity index (χ1n) is 4.20. The molecule has 86 valence electrons. The third-order valence-corrected chi connectivity index (χ3v) is 1.94. The van der Waals surface area contributed by atoms with E-state index < -0.39 is 22.7 Å². The molecule has 7 heteroatoms. The molecular formula is C9H9NO6. The van der Waals surface area contributed by atoms with Crippen LogP contribution in [0.3, 0.4) is 0 Å². The lowest BCUT2D eigenvalue weighted by Crippen LogP contribution is -2.13. The molecule has 0 saturated heterocycles. The summed E-state index contributed by atoms with van der Waals surface area (Å²) in [5, 5.41) is 29.2. The van der Waals surface area contributed by atoms with Gasteiger partial charge in [0.2, 0.25) is 0 Å². The highest BCUT2D eigenvalue weighted by molar-refractivity contribution is 5.77. The van der Waals surface area contributed by atoms with Crippen LogP contribution in [0.1, 0.15) is 11.7 Å². The summed E-state index contributed by atoms with van der Waals surface area (Å²) in [5.41, 5.74) is -0.600. The first-order valence-corrected chi connectivity index (χ1v) is 4.20. The van der Waals surface area contributed by atoms with Gasteiger partial charge in [0.05, 0.1) is 12.0 Å². The maximum absolute atomic E-state index is 11.0. The monoisotopic (exact) mass is 227 g/mol. The topological polar surface area (TPSA) is 110 Å². The molecule has 2 N–H and O–H groups in total. The van der Waals surface area contributed by atoms with Crippen LogP contribution in [0.4, 0.5) is 5.69 Å². The third kappa shape index (κ3) is 2.26. The number of methoxy groups -OCH3 is 1. The summed E-state index contributed by atoms with van der Waals surface area (Å²) in [5.74, 6) is -1.42. The minimum absolute atomic E-state index is 0.263. The summed E-state index contributed by atoms with van der Waals surface area (Å²) in [7, 11) is 1.06. The number of carbonyl (C=O) groups excluding carboxylic acids is 1. The number of hydrogen-bond acceptors (Lipinski definition) is 6. The van der Waals surface area contributed by atoms with Gasteiger partial charge in [0, 0.05) is 17.7 Å². The molecule has 16 heavy (non-hydrogen) atoms. The first kappa shape index (κ1) is 11.9. The number of nitro groups is 1. The molecule has 0 aromatic heterocycles. The normalized spacial score (nSPS) is 11.9. The van der Waals surface area contributed by atoms with Crippen molar-refractivity contribution in [2.24, 2.45) is 0 Å². The predicted octanol–water partition coefficient (Wildman–Crippen LogP) is 0.507. The summed E-state index contributed by atoms with van der Waals surface area (Å²) in [6.07, 6.45) is -1.75. The van der Waals surface area contributed by atoms with Gasteiger partial charge in [0.1, 0.15) is 5.75 Å². The minimum Gasteiger partial charge on any atom is -0.508 e. The van der Waals surface area contributed by atoms with Crippen LogP contribution in [0, 0.1) is 10.1 Å². The predicted molar refractivity (Wildman–Crippen MR) is 51.7 cm³/mol. The van der Waals surface area contributed by atoms with Gasteiger partial charge in [0.15, 0.2) is 6.10 Å². The maximum Gasteiger partial charge on any atom is 0.339 e. The summed E-state index contributed by atoms with van der Waals surface area (Å²) >= 11 is 0. The number of aromatic hydroxyl groups is 1. The number of benzene rings is 1. The Balaban J connectivity index is 3.16. The van der Waals surface area contributed by atoms with Crippen LogP contribution in [0.15, 0.2) is 18.2 Å². The molecule has 0 bridgehead atoms. The number of carbonyl (C=O) groups is 1. The lowest BCUT2D eigenvalue weighted by Gasteiger charge is -2.09. The molecular weight excluding hydrogens is 218 g/mol. The number of phenols is 1. The Labute approximate surface area is 90.0 Å². The van der Waals surface area contributed by atoms with E-state index in [9.17, 15) is 25.1 Å². The SMILES string of the molecule is COC(=O)C(O)c1cc([N+](=O)[O-])ccc1O.